The van der Waals surface area contributed by atoms with Gasteiger partial charge in [0.05, 0.1) is 0 Å². The number of hydrogen-bond donors (Lipinski definition) is 1. The van der Waals surface area contributed by atoms with Gasteiger partial charge >= 0.3 is 0 Å². The zero-order chi connectivity index (χ0) is 18.2. The van der Waals surface area contributed by atoms with Crippen molar-refractivity contribution in [2.75, 3.05) is 6.54 Å². The van der Waals surface area contributed by atoms with Crippen molar-refractivity contribution >= 4 is 0 Å². The fourth-order valence-corrected chi connectivity index (χ4v) is 3.68. The van der Waals surface area contributed by atoms with Crippen molar-refractivity contribution in [1.29, 1.82) is 0 Å². The molecule has 2 atom stereocenters. The van der Waals surface area contributed by atoms with Gasteiger partial charge in [-0.3, -0.25) is 0 Å². The summed E-state index contributed by atoms with van der Waals surface area (Å²) >= 11 is 0. The van der Waals surface area contributed by atoms with Gasteiger partial charge in [-0.15, -0.1) is 0 Å². The molecule has 0 spiro atoms. The summed E-state index contributed by atoms with van der Waals surface area (Å²) in [6.45, 7) is 5.69. The first-order chi connectivity index (χ1) is 12.8. The van der Waals surface area contributed by atoms with Gasteiger partial charge in [-0.1, -0.05) is 97.9 Å². The van der Waals surface area contributed by atoms with E-state index in [4.69, 9.17) is 0 Å². The molecule has 0 aliphatic heterocycles. The highest BCUT2D eigenvalue weighted by molar-refractivity contribution is 5.33. The van der Waals surface area contributed by atoms with Gasteiger partial charge in [0, 0.05) is 12.0 Å². The molecule has 0 bridgehead atoms. The average molecular weight is 344 g/mol. The molecular weight excluding hydrogens is 314 g/mol. The molecular formula is C25H29N. The topological polar surface area (TPSA) is 12.0 Å². The summed E-state index contributed by atoms with van der Waals surface area (Å²) in [5.41, 5.74) is 4.17. The van der Waals surface area contributed by atoms with Crippen LogP contribution in [0.1, 0.15) is 36.5 Å². The van der Waals surface area contributed by atoms with Gasteiger partial charge in [0.15, 0.2) is 0 Å². The summed E-state index contributed by atoms with van der Waals surface area (Å²) in [7, 11) is 0. The maximum absolute atomic E-state index is 3.75. The smallest absolute Gasteiger partial charge is 0.0130 e. The molecule has 0 saturated carbocycles. The quantitative estimate of drug-likeness (QED) is 0.555. The average Bonchev–Trinajstić information content (AvgIpc) is 2.70. The Labute approximate surface area is 158 Å². The van der Waals surface area contributed by atoms with E-state index in [1.54, 1.807) is 0 Å². The van der Waals surface area contributed by atoms with Gasteiger partial charge < -0.3 is 5.32 Å². The van der Waals surface area contributed by atoms with E-state index >= 15 is 0 Å². The van der Waals surface area contributed by atoms with Crippen LogP contribution in [0.3, 0.4) is 0 Å². The van der Waals surface area contributed by atoms with Crippen LogP contribution < -0.4 is 5.32 Å². The van der Waals surface area contributed by atoms with E-state index in [1.807, 2.05) is 0 Å². The fourth-order valence-electron chi connectivity index (χ4n) is 3.68. The predicted octanol–water partition coefficient (Wildman–Crippen LogP) is 5.68. The molecule has 3 aromatic rings. The van der Waals surface area contributed by atoms with Crippen LogP contribution in [-0.4, -0.2) is 12.6 Å². The van der Waals surface area contributed by atoms with Crippen molar-refractivity contribution < 1.29 is 0 Å². The Balaban J connectivity index is 1.69. The van der Waals surface area contributed by atoms with Crippen LogP contribution in [-0.2, 0) is 6.42 Å². The largest absolute Gasteiger partial charge is 0.314 e. The molecule has 0 radical (unpaired) electrons. The van der Waals surface area contributed by atoms with Crippen LogP contribution in [0, 0.1) is 5.92 Å². The number of nitrogens with one attached hydrogen (secondary N) is 1. The van der Waals surface area contributed by atoms with E-state index in [2.05, 4.69) is 110 Å². The summed E-state index contributed by atoms with van der Waals surface area (Å²) in [5.74, 6) is 0.896. The molecule has 0 fully saturated rings. The van der Waals surface area contributed by atoms with Crippen molar-refractivity contribution in [2.45, 2.75) is 32.2 Å². The van der Waals surface area contributed by atoms with Crippen LogP contribution in [0.4, 0.5) is 0 Å². The van der Waals surface area contributed by atoms with Crippen LogP contribution in [0.25, 0.3) is 0 Å². The number of hydrogen-bond acceptors (Lipinski definition) is 1. The van der Waals surface area contributed by atoms with Crippen molar-refractivity contribution in [2.24, 2.45) is 5.92 Å². The highest BCUT2D eigenvalue weighted by Crippen LogP contribution is 2.33. The third kappa shape index (κ3) is 4.83. The van der Waals surface area contributed by atoms with E-state index in [1.165, 1.54) is 16.7 Å². The summed E-state index contributed by atoms with van der Waals surface area (Å²) in [6, 6.07) is 32.9. The van der Waals surface area contributed by atoms with Crippen molar-refractivity contribution in [1.82, 2.24) is 5.32 Å². The molecule has 0 aliphatic carbocycles. The molecule has 134 valence electrons. The Kier molecular flexibility index (Phi) is 6.62. The minimum Gasteiger partial charge on any atom is -0.314 e. The Morgan fingerprint density at radius 3 is 1.62 bits per heavy atom. The van der Waals surface area contributed by atoms with Gasteiger partial charge in [0.1, 0.15) is 0 Å². The lowest BCUT2D eigenvalue weighted by Gasteiger charge is -2.30. The summed E-state index contributed by atoms with van der Waals surface area (Å²) in [4.78, 5) is 0. The van der Waals surface area contributed by atoms with E-state index in [9.17, 15) is 0 Å². The standard InChI is InChI=1S/C25H29N/c1-20(21(2)26-19-18-22-12-6-3-7-13-22)25(23-14-8-4-9-15-23)24-16-10-5-11-17-24/h3-17,20-21,25-26H,18-19H2,1-2H3/t20-,21+/m1/s1. The minimum atomic E-state index is 0.400. The Morgan fingerprint density at radius 2 is 1.12 bits per heavy atom. The molecule has 1 nitrogen and oxygen atoms in total. The highest BCUT2D eigenvalue weighted by Gasteiger charge is 2.25. The van der Waals surface area contributed by atoms with Gasteiger partial charge in [-0.25, -0.2) is 0 Å². The lowest BCUT2D eigenvalue weighted by atomic mass is 9.78. The Morgan fingerprint density at radius 1 is 0.654 bits per heavy atom. The van der Waals surface area contributed by atoms with Crippen LogP contribution in [0.5, 0.6) is 0 Å². The Bertz CT molecular complexity index is 712. The first-order valence-corrected chi connectivity index (χ1v) is 9.63. The second kappa shape index (κ2) is 9.35. The summed E-state index contributed by atoms with van der Waals surface area (Å²) in [6.07, 6.45) is 1.07. The van der Waals surface area contributed by atoms with Gasteiger partial charge in [0.2, 0.25) is 0 Å². The molecule has 0 heterocycles. The van der Waals surface area contributed by atoms with Gasteiger partial charge in [0.25, 0.3) is 0 Å². The van der Waals surface area contributed by atoms with Crippen molar-refractivity contribution in [3.8, 4) is 0 Å². The molecule has 0 aromatic heterocycles. The lowest BCUT2D eigenvalue weighted by molar-refractivity contribution is 0.369. The normalized spacial score (nSPS) is 13.5. The number of rotatable bonds is 8. The lowest BCUT2D eigenvalue weighted by Crippen LogP contribution is -2.36. The maximum atomic E-state index is 3.75. The first-order valence-electron chi connectivity index (χ1n) is 9.63. The third-order valence-electron chi connectivity index (χ3n) is 5.35. The monoisotopic (exact) mass is 343 g/mol. The zero-order valence-corrected chi connectivity index (χ0v) is 15.8. The molecule has 1 N–H and O–H groups in total. The van der Waals surface area contributed by atoms with Crippen molar-refractivity contribution in [3.63, 3.8) is 0 Å². The molecule has 26 heavy (non-hydrogen) atoms. The third-order valence-corrected chi connectivity index (χ3v) is 5.35. The van der Waals surface area contributed by atoms with Crippen LogP contribution in [0.15, 0.2) is 91.0 Å². The molecule has 1 heteroatoms. The van der Waals surface area contributed by atoms with Crippen LogP contribution in [0.2, 0.25) is 0 Å². The SMILES string of the molecule is C[C@H](NCCc1ccccc1)[C@@H](C)C(c1ccccc1)c1ccccc1. The van der Waals surface area contributed by atoms with E-state index < -0.39 is 0 Å². The zero-order valence-electron chi connectivity index (χ0n) is 15.8. The van der Waals surface area contributed by atoms with Gasteiger partial charge in [-0.05, 0) is 42.5 Å². The van der Waals surface area contributed by atoms with E-state index in [0.29, 0.717) is 17.9 Å². The number of benzene rings is 3. The predicted molar refractivity (Wildman–Crippen MR) is 112 cm³/mol. The second-order valence-electron chi connectivity index (χ2n) is 7.14. The fraction of sp³-hybridized carbons (Fsp3) is 0.280. The molecule has 0 unspecified atom stereocenters. The highest BCUT2D eigenvalue weighted by atomic mass is 14.9. The Hall–Kier alpha value is -2.38. The minimum absolute atomic E-state index is 0.400. The second-order valence-corrected chi connectivity index (χ2v) is 7.14. The van der Waals surface area contributed by atoms with E-state index in [-0.39, 0.29) is 0 Å². The molecule has 3 aromatic carbocycles. The summed E-state index contributed by atoms with van der Waals surface area (Å²) < 4.78 is 0. The maximum Gasteiger partial charge on any atom is 0.0130 e. The van der Waals surface area contributed by atoms with Crippen molar-refractivity contribution in [3.05, 3.63) is 108 Å². The molecule has 3 rings (SSSR count). The first kappa shape index (κ1) is 18.4. The van der Waals surface area contributed by atoms with Gasteiger partial charge in [-0.2, -0.15) is 0 Å². The molecule has 0 saturated heterocycles. The molecule has 0 amide bonds. The molecule has 0 aliphatic rings. The van der Waals surface area contributed by atoms with Crippen LogP contribution >= 0.6 is 0 Å². The van der Waals surface area contributed by atoms with E-state index in [0.717, 1.165) is 13.0 Å². The summed E-state index contributed by atoms with van der Waals surface area (Å²) in [5, 5.41) is 3.75.